The highest BCUT2D eigenvalue weighted by Crippen LogP contribution is 2.15. The third kappa shape index (κ3) is 4.41. The molecule has 1 atom stereocenters. The SMILES string of the molecule is CN(C)CCOC1CCN(Cc2ccccc2)C1. The van der Waals surface area contributed by atoms with Crippen molar-refractivity contribution < 1.29 is 4.74 Å². The van der Waals surface area contributed by atoms with Crippen molar-refractivity contribution in [1.82, 2.24) is 9.80 Å². The van der Waals surface area contributed by atoms with Crippen LogP contribution >= 0.6 is 0 Å². The van der Waals surface area contributed by atoms with Crippen LogP contribution in [0.5, 0.6) is 0 Å². The maximum Gasteiger partial charge on any atom is 0.0714 e. The van der Waals surface area contributed by atoms with Crippen LogP contribution in [0, 0.1) is 0 Å². The predicted molar refractivity (Wildman–Crippen MR) is 74.6 cm³/mol. The Hall–Kier alpha value is -0.900. The van der Waals surface area contributed by atoms with E-state index in [4.69, 9.17) is 4.74 Å². The van der Waals surface area contributed by atoms with Gasteiger partial charge in [-0.1, -0.05) is 30.3 Å². The summed E-state index contributed by atoms with van der Waals surface area (Å²) in [5, 5.41) is 0. The van der Waals surface area contributed by atoms with Crippen molar-refractivity contribution in [1.29, 1.82) is 0 Å². The highest BCUT2D eigenvalue weighted by atomic mass is 16.5. The molecule has 1 unspecified atom stereocenters. The zero-order valence-corrected chi connectivity index (χ0v) is 11.5. The van der Waals surface area contributed by atoms with Crippen LogP contribution in [-0.2, 0) is 11.3 Å². The van der Waals surface area contributed by atoms with Gasteiger partial charge in [-0.2, -0.15) is 0 Å². The van der Waals surface area contributed by atoms with Crippen LogP contribution in [0.2, 0.25) is 0 Å². The summed E-state index contributed by atoms with van der Waals surface area (Å²) < 4.78 is 5.90. The van der Waals surface area contributed by atoms with Crippen LogP contribution in [0.15, 0.2) is 30.3 Å². The summed E-state index contributed by atoms with van der Waals surface area (Å²) in [4.78, 5) is 4.65. The molecule has 18 heavy (non-hydrogen) atoms. The largest absolute Gasteiger partial charge is 0.376 e. The van der Waals surface area contributed by atoms with Gasteiger partial charge in [-0.3, -0.25) is 4.90 Å². The Labute approximate surface area is 110 Å². The van der Waals surface area contributed by atoms with Crippen molar-refractivity contribution in [2.24, 2.45) is 0 Å². The Bertz CT molecular complexity index is 340. The first-order valence-corrected chi connectivity index (χ1v) is 6.76. The second-order valence-electron chi connectivity index (χ2n) is 5.31. The summed E-state index contributed by atoms with van der Waals surface area (Å²) in [6.45, 7) is 5.13. The fraction of sp³-hybridized carbons (Fsp3) is 0.600. The molecule has 2 rings (SSSR count). The number of likely N-dealkylation sites (tertiary alicyclic amines) is 1. The Balaban J connectivity index is 1.69. The number of rotatable bonds is 6. The van der Waals surface area contributed by atoms with Crippen LogP contribution in [0.3, 0.4) is 0 Å². The molecule has 0 amide bonds. The van der Waals surface area contributed by atoms with Crippen molar-refractivity contribution in [2.45, 2.75) is 19.1 Å². The number of ether oxygens (including phenoxy) is 1. The molecule has 0 saturated carbocycles. The van der Waals surface area contributed by atoms with Crippen molar-refractivity contribution in [2.75, 3.05) is 40.3 Å². The minimum Gasteiger partial charge on any atom is -0.376 e. The van der Waals surface area contributed by atoms with E-state index in [1.54, 1.807) is 0 Å². The van der Waals surface area contributed by atoms with Crippen molar-refractivity contribution >= 4 is 0 Å². The summed E-state index contributed by atoms with van der Waals surface area (Å²) in [5.41, 5.74) is 1.39. The smallest absolute Gasteiger partial charge is 0.0714 e. The summed E-state index contributed by atoms with van der Waals surface area (Å²) in [6.07, 6.45) is 1.59. The molecular weight excluding hydrogens is 224 g/mol. The molecule has 0 radical (unpaired) electrons. The molecule has 0 N–H and O–H groups in total. The van der Waals surface area contributed by atoms with E-state index in [0.29, 0.717) is 6.10 Å². The van der Waals surface area contributed by atoms with Crippen molar-refractivity contribution in [3.05, 3.63) is 35.9 Å². The van der Waals surface area contributed by atoms with Gasteiger partial charge in [-0.05, 0) is 26.1 Å². The van der Waals surface area contributed by atoms with Crippen molar-refractivity contribution in [3.8, 4) is 0 Å². The van der Waals surface area contributed by atoms with E-state index in [2.05, 4.69) is 54.2 Å². The molecule has 1 saturated heterocycles. The van der Waals surface area contributed by atoms with Crippen LogP contribution in [0.4, 0.5) is 0 Å². The monoisotopic (exact) mass is 248 g/mol. The highest BCUT2D eigenvalue weighted by molar-refractivity contribution is 5.14. The molecule has 0 bridgehead atoms. The summed E-state index contributed by atoms with van der Waals surface area (Å²) >= 11 is 0. The molecule has 1 aromatic carbocycles. The predicted octanol–water partition coefficient (Wildman–Crippen LogP) is 1.84. The van der Waals surface area contributed by atoms with Crippen LogP contribution in [-0.4, -0.2) is 56.2 Å². The normalized spacial score (nSPS) is 20.7. The third-order valence-electron chi connectivity index (χ3n) is 3.37. The molecule has 0 aliphatic carbocycles. The van der Waals surface area contributed by atoms with Gasteiger partial charge in [-0.25, -0.2) is 0 Å². The van der Waals surface area contributed by atoms with Gasteiger partial charge in [-0.15, -0.1) is 0 Å². The van der Waals surface area contributed by atoms with E-state index in [-0.39, 0.29) is 0 Å². The first-order valence-electron chi connectivity index (χ1n) is 6.76. The molecule has 100 valence electrons. The molecule has 0 spiro atoms. The van der Waals surface area contributed by atoms with Crippen LogP contribution in [0.1, 0.15) is 12.0 Å². The Morgan fingerprint density at radius 3 is 2.78 bits per heavy atom. The Morgan fingerprint density at radius 1 is 1.28 bits per heavy atom. The number of likely N-dealkylation sites (N-methyl/N-ethyl adjacent to an activating group) is 1. The minimum atomic E-state index is 0.425. The lowest BCUT2D eigenvalue weighted by Crippen LogP contribution is -2.25. The van der Waals surface area contributed by atoms with Gasteiger partial charge in [0.2, 0.25) is 0 Å². The second kappa shape index (κ2) is 6.88. The fourth-order valence-electron chi connectivity index (χ4n) is 2.32. The minimum absolute atomic E-state index is 0.425. The quantitative estimate of drug-likeness (QED) is 0.764. The summed E-state index contributed by atoms with van der Waals surface area (Å²) in [6, 6.07) is 10.7. The third-order valence-corrected chi connectivity index (χ3v) is 3.37. The number of hydrogen-bond donors (Lipinski definition) is 0. The average Bonchev–Trinajstić information content (AvgIpc) is 2.78. The lowest BCUT2D eigenvalue weighted by atomic mass is 10.2. The lowest BCUT2D eigenvalue weighted by molar-refractivity contribution is 0.0494. The van der Waals surface area contributed by atoms with Gasteiger partial charge in [0.1, 0.15) is 0 Å². The summed E-state index contributed by atoms with van der Waals surface area (Å²) in [5.74, 6) is 0. The fourth-order valence-corrected chi connectivity index (χ4v) is 2.32. The molecule has 3 nitrogen and oxygen atoms in total. The van der Waals surface area contributed by atoms with Crippen LogP contribution < -0.4 is 0 Å². The standard InChI is InChI=1S/C15H24N2O/c1-16(2)10-11-18-15-8-9-17(13-15)12-14-6-4-3-5-7-14/h3-7,15H,8-13H2,1-2H3. The zero-order chi connectivity index (χ0) is 12.8. The number of hydrogen-bond acceptors (Lipinski definition) is 3. The Kier molecular flexibility index (Phi) is 5.17. The van der Waals surface area contributed by atoms with E-state index in [1.165, 1.54) is 12.0 Å². The van der Waals surface area contributed by atoms with Gasteiger partial charge < -0.3 is 9.64 Å². The van der Waals surface area contributed by atoms with Gasteiger partial charge in [0.05, 0.1) is 12.7 Å². The highest BCUT2D eigenvalue weighted by Gasteiger charge is 2.22. The molecule has 0 aromatic heterocycles. The van der Waals surface area contributed by atoms with Gasteiger partial charge in [0, 0.05) is 26.2 Å². The maximum atomic E-state index is 5.90. The van der Waals surface area contributed by atoms with E-state index in [9.17, 15) is 0 Å². The topological polar surface area (TPSA) is 15.7 Å². The van der Waals surface area contributed by atoms with Gasteiger partial charge in [0.15, 0.2) is 0 Å². The first-order chi connectivity index (χ1) is 8.74. The molecule has 1 fully saturated rings. The first kappa shape index (κ1) is 13.5. The Morgan fingerprint density at radius 2 is 2.06 bits per heavy atom. The van der Waals surface area contributed by atoms with Gasteiger partial charge >= 0.3 is 0 Å². The summed E-state index contributed by atoms with van der Waals surface area (Å²) in [7, 11) is 4.17. The zero-order valence-electron chi connectivity index (χ0n) is 11.5. The molecule has 1 aliphatic rings. The number of benzene rings is 1. The van der Waals surface area contributed by atoms with Crippen LogP contribution in [0.25, 0.3) is 0 Å². The molecule has 1 aliphatic heterocycles. The maximum absolute atomic E-state index is 5.90. The second-order valence-corrected chi connectivity index (χ2v) is 5.31. The van der Waals surface area contributed by atoms with E-state index >= 15 is 0 Å². The average molecular weight is 248 g/mol. The van der Waals surface area contributed by atoms with E-state index < -0.39 is 0 Å². The van der Waals surface area contributed by atoms with Crippen molar-refractivity contribution in [3.63, 3.8) is 0 Å². The number of nitrogens with zero attached hydrogens (tertiary/aromatic N) is 2. The molecule has 1 aromatic rings. The van der Waals surface area contributed by atoms with E-state index in [1.807, 2.05) is 0 Å². The molecule has 1 heterocycles. The molecular formula is C15H24N2O. The lowest BCUT2D eigenvalue weighted by Gasteiger charge is -2.17. The van der Waals surface area contributed by atoms with E-state index in [0.717, 1.165) is 32.8 Å². The van der Waals surface area contributed by atoms with Gasteiger partial charge in [0.25, 0.3) is 0 Å². The molecule has 3 heteroatoms.